The molecule has 2 nitrogen and oxygen atoms in total. The van der Waals surface area contributed by atoms with Crippen molar-refractivity contribution in [3.63, 3.8) is 0 Å². The van der Waals surface area contributed by atoms with E-state index in [9.17, 15) is 0 Å². The first-order valence-electron chi connectivity index (χ1n) is 28.4. The zero-order chi connectivity index (χ0) is 54.5. The van der Waals surface area contributed by atoms with Gasteiger partial charge in [0.25, 0.3) is 0 Å². The van der Waals surface area contributed by atoms with E-state index in [1.807, 2.05) is 0 Å². The van der Waals surface area contributed by atoms with E-state index in [4.69, 9.17) is 0 Å². The summed E-state index contributed by atoms with van der Waals surface area (Å²) in [6, 6.07) is 125. The Labute approximate surface area is 480 Å². The Kier molecular flexibility index (Phi) is 12.0. The van der Waals surface area contributed by atoms with Crippen molar-refractivity contribution in [3.05, 3.63) is 384 Å². The summed E-state index contributed by atoms with van der Waals surface area (Å²) in [4.78, 5) is 4.79. The van der Waals surface area contributed by atoms with Crippen LogP contribution in [0.3, 0.4) is 0 Å². The molecule has 0 bridgehead atoms. The van der Waals surface area contributed by atoms with Crippen LogP contribution < -0.4 is 9.80 Å². The maximum Gasteiger partial charge on any atom is 0.0714 e. The Morgan fingerprint density at radius 3 is 0.720 bits per heavy atom. The molecule has 386 valence electrons. The standard InChI is InChI=1S/C80H56N2/c1-7-23-61(24-8-1)79(62-25-9-2-10-26-62)75-37-21-19-35-71(75)73-53-51-69(55-77(73)79)81(65-31-15-5-16-32-65)67-47-43-59(44-48-67)57-39-41-58(42-40-57)60-45-49-68(50-46-60)82(66-33-17-6-18-34-66)70-52-54-74-72-36-20-22-38-76(72)80(78(74)56-70,63-27-11-3-12-28-63)64-29-13-4-14-30-64/h1-56H. The van der Waals surface area contributed by atoms with Crippen LogP contribution in [0.4, 0.5) is 34.1 Å². The number of benzene rings is 13. The minimum Gasteiger partial charge on any atom is -0.310 e. The van der Waals surface area contributed by atoms with E-state index in [1.54, 1.807) is 0 Å². The summed E-state index contributed by atoms with van der Waals surface area (Å²) >= 11 is 0. The van der Waals surface area contributed by atoms with Gasteiger partial charge in [-0.2, -0.15) is 0 Å². The van der Waals surface area contributed by atoms with Crippen molar-refractivity contribution in [2.75, 3.05) is 9.80 Å². The largest absolute Gasteiger partial charge is 0.310 e. The molecule has 82 heavy (non-hydrogen) atoms. The first kappa shape index (κ1) is 48.6. The molecule has 0 saturated carbocycles. The van der Waals surface area contributed by atoms with Gasteiger partial charge in [0.05, 0.1) is 10.8 Å². The van der Waals surface area contributed by atoms with Crippen LogP contribution in [0.1, 0.15) is 44.5 Å². The van der Waals surface area contributed by atoms with Crippen molar-refractivity contribution in [2.45, 2.75) is 10.8 Å². The number of hydrogen-bond acceptors (Lipinski definition) is 2. The minimum atomic E-state index is -0.496. The molecule has 0 atom stereocenters. The summed E-state index contributed by atoms with van der Waals surface area (Å²) in [6.07, 6.45) is 0. The fourth-order valence-corrected chi connectivity index (χ4v) is 13.7. The Morgan fingerprint density at radius 1 is 0.171 bits per heavy atom. The molecule has 13 aromatic rings. The number of rotatable bonds is 12. The lowest BCUT2D eigenvalue weighted by atomic mass is 9.67. The van der Waals surface area contributed by atoms with Gasteiger partial charge in [0.15, 0.2) is 0 Å². The van der Waals surface area contributed by atoms with Gasteiger partial charge in [0.2, 0.25) is 0 Å². The molecular weight excluding hydrogens is 989 g/mol. The highest BCUT2D eigenvalue weighted by molar-refractivity contribution is 5.92. The molecule has 0 radical (unpaired) electrons. The minimum absolute atomic E-state index is 0.496. The predicted molar refractivity (Wildman–Crippen MR) is 341 cm³/mol. The van der Waals surface area contributed by atoms with E-state index in [0.29, 0.717) is 0 Å². The Bertz CT molecular complexity index is 4020. The molecular formula is C80H56N2. The molecule has 0 saturated heterocycles. The van der Waals surface area contributed by atoms with Crippen LogP contribution >= 0.6 is 0 Å². The lowest BCUT2D eigenvalue weighted by molar-refractivity contribution is 0.768. The molecule has 0 unspecified atom stereocenters. The fourth-order valence-electron chi connectivity index (χ4n) is 13.7. The van der Waals surface area contributed by atoms with Gasteiger partial charge in [-0.05, 0) is 162 Å². The molecule has 2 heteroatoms. The summed E-state index contributed by atoms with van der Waals surface area (Å²) in [5, 5.41) is 0. The fraction of sp³-hybridized carbons (Fsp3) is 0.0250. The Hall–Kier alpha value is -10.5. The van der Waals surface area contributed by atoms with E-state index in [-0.39, 0.29) is 0 Å². The van der Waals surface area contributed by atoms with Crippen LogP contribution in [-0.4, -0.2) is 0 Å². The van der Waals surface area contributed by atoms with E-state index >= 15 is 0 Å². The zero-order valence-electron chi connectivity index (χ0n) is 45.2. The molecule has 2 aliphatic carbocycles. The van der Waals surface area contributed by atoms with Crippen LogP contribution in [0, 0.1) is 0 Å². The highest BCUT2D eigenvalue weighted by Crippen LogP contribution is 2.59. The highest BCUT2D eigenvalue weighted by atomic mass is 15.1. The maximum absolute atomic E-state index is 2.44. The van der Waals surface area contributed by atoms with Crippen LogP contribution in [0.5, 0.6) is 0 Å². The predicted octanol–water partition coefficient (Wildman–Crippen LogP) is 20.7. The van der Waals surface area contributed by atoms with Crippen molar-refractivity contribution in [1.29, 1.82) is 0 Å². The van der Waals surface area contributed by atoms with Crippen molar-refractivity contribution in [2.24, 2.45) is 0 Å². The average molecular weight is 1050 g/mol. The van der Waals surface area contributed by atoms with Gasteiger partial charge in [0, 0.05) is 34.1 Å². The SMILES string of the molecule is c1ccc(N(c2ccc(-c3ccc(-c4ccc(N(c5ccccc5)c5ccc6c(c5)C(c5ccccc5)(c5ccccc5)c5ccccc5-6)cc4)cc3)cc2)c2ccc3c(c2)C(c2ccccc2)(c2ccccc2)c2ccccc2-3)cc1. The second-order valence-electron chi connectivity index (χ2n) is 21.5. The van der Waals surface area contributed by atoms with Gasteiger partial charge in [0.1, 0.15) is 0 Å². The lowest BCUT2D eigenvalue weighted by Crippen LogP contribution is -2.28. The Morgan fingerprint density at radius 2 is 0.402 bits per heavy atom. The summed E-state index contributed by atoms with van der Waals surface area (Å²) in [6.45, 7) is 0. The molecule has 15 rings (SSSR count). The molecule has 13 aromatic carbocycles. The monoisotopic (exact) mass is 1040 g/mol. The molecule has 0 amide bonds. The third-order valence-corrected chi connectivity index (χ3v) is 17.2. The molecule has 0 heterocycles. The van der Waals surface area contributed by atoms with Crippen molar-refractivity contribution < 1.29 is 0 Å². The topological polar surface area (TPSA) is 6.48 Å². The average Bonchev–Trinajstić information content (AvgIpc) is 2.95. The quantitative estimate of drug-likeness (QED) is 0.120. The van der Waals surface area contributed by atoms with E-state index in [1.165, 1.54) is 77.9 Å². The number of fused-ring (bicyclic) bond motifs is 6. The second kappa shape index (κ2) is 20.3. The van der Waals surface area contributed by atoms with Crippen LogP contribution in [0.25, 0.3) is 44.5 Å². The third kappa shape index (κ3) is 7.86. The number of para-hydroxylation sites is 2. The first-order chi connectivity index (χ1) is 40.7. The molecule has 0 aromatic heterocycles. The van der Waals surface area contributed by atoms with Crippen molar-refractivity contribution in [1.82, 2.24) is 0 Å². The first-order valence-corrected chi connectivity index (χ1v) is 28.4. The molecule has 0 N–H and O–H groups in total. The van der Waals surface area contributed by atoms with Crippen molar-refractivity contribution >= 4 is 34.1 Å². The van der Waals surface area contributed by atoms with Gasteiger partial charge >= 0.3 is 0 Å². The zero-order valence-corrected chi connectivity index (χ0v) is 45.2. The van der Waals surface area contributed by atoms with E-state index < -0.39 is 10.8 Å². The van der Waals surface area contributed by atoms with E-state index in [2.05, 4.69) is 350 Å². The van der Waals surface area contributed by atoms with Crippen LogP contribution in [0.2, 0.25) is 0 Å². The second-order valence-corrected chi connectivity index (χ2v) is 21.5. The van der Waals surface area contributed by atoms with Gasteiger partial charge in [-0.1, -0.05) is 267 Å². The van der Waals surface area contributed by atoms with Gasteiger partial charge in [-0.15, -0.1) is 0 Å². The van der Waals surface area contributed by atoms with Gasteiger partial charge in [-0.25, -0.2) is 0 Å². The lowest BCUT2D eigenvalue weighted by Gasteiger charge is -2.35. The number of hydrogen-bond donors (Lipinski definition) is 0. The summed E-state index contributed by atoms with van der Waals surface area (Å²) in [5.74, 6) is 0. The molecule has 0 aliphatic heterocycles. The summed E-state index contributed by atoms with van der Waals surface area (Å²) in [7, 11) is 0. The summed E-state index contributed by atoms with van der Waals surface area (Å²) in [5.41, 5.74) is 25.5. The number of anilines is 6. The van der Waals surface area contributed by atoms with Gasteiger partial charge < -0.3 is 9.80 Å². The molecule has 2 aliphatic rings. The highest BCUT2D eigenvalue weighted by Gasteiger charge is 2.48. The molecule has 0 spiro atoms. The molecule has 0 fully saturated rings. The van der Waals surface area contributed by atoms with Gasteiger partial charge in [-0.3, -0.25) is 0 Å². The summed E-state index contributed by atoms with van der Waals surface area (Å²) < 4.78 is 0. The maximum atomic E-state index is 2.44. The normalized spacial score (nSPS) is 13.1. The smallest absolute Gasteiger partial charge is 0.0714 e. The van der Waals surface area contributed by atoms with E-state index in [0.717, 1.165) is 45.3 Å². The van der Waals surface area contributed by atoms with Crippen molar-refractivity contribution in [3.8, 4) is 44.5 Å². The Balaban J connectivity index is 0.751. The van der Waals surface area contributed by atoms with Crippen LogP contribution in [0.15, 0.2) is 340 Å². The van der Waals surface area contributed by atoms with Crippen LogP contribution in [-0.2, 0) is 10.8 Å². The third-order valence-electron chi connectivity index (χ3n) is 17.2. The number of nitrogens with zero attached hydrogens (tertiary/aromatic N) is 2.